The third-order valence-electron chi connectivity index (χ3n) is 3.24. The van der Waals surface area contributed by atoms with E-state index >= 15 is 0 Å². The molecule has 0 unspecified atom stereocenters. The number of benzene rings is 1. The van der Waals surface area contributed by atoms with Gasteiger partial charge in [0.15, 0.2) is 5.82 Å². The minimum Gasteiger partial charge on any atom is -0.497 e. The van der Waals surface area contributed by atoms with Crippen LogP contribution in [0.3, 0.4) is 0 Å². The van der Waals surface area contributed by atoms with Crippen molar-refractivity contribution in [3.8, 4) is 5.75 Å². The molecule has 1 fully saturated rings. The normalized spacial score (nSPS) is 16.1. The average molecular weight is 283 g/mol. The summed E-state index contributed by atoms with van der Waals surface area (Å²) in [7, 11) is 1.65. The molecule has 0 spiro atoms. The number of ether oxygens (including phenoxy) is 1. The zero-order valence-electron chi connectivity index (χ0n) is 12.1. The Morgan fingerprint density at radius 2 is 2.05 bits per heavy atom. The molecule has 0 amide bonds. The number of aliphatic imine (C=N–C) groups is 1. The lowest BCUT2D eigenvalue weighted by molar-refractivity contribution is 0.415. The van der Waals surface area contributed by atoms with Gasteiger partial charge in [-0.05, 0) is 31.2 Å². The highest BCUT2D eigenvalue weighted by Crippen LogP contribution is 2.20. The van der Waals surface area contributed by atoms with Gasteiger partial charge < -0.3 is 4.74 Å². The second-order valence-corrected chi connectivity index (χ2v) is 4.79. The Hall–Kier alpha value is -2.63. The first-order chi connectivity index (χ1) is 10.2. The number of aromatic nitrogens is 2. The van der Waals surface area contributed by atoms with Gasteiger partial charge in [0, 0.05) is 24.7 Å². The summed E-state index contributed by atoms with van der Waals surface area (Å²) in [6, 6.07) is 9.62. The highest BCUT2D eigenvalue weighted by atomic mass is 16.5. The predicted octanol–water partition coefficient (Wildman–Crippen LogP) is 2.24. The minimum atomic E-state index is 0.830. The van der Waals surface area contributed by atoms with Crippen LogP contribution < -0.4 is 15.2 Å². The van der Waals surface area contributed by atoms with Gasteiger partial charge in [-0.25, -0.2) is 15.0 Å². The number of rotatable bonds is 3. The molecular weight excluding hydrogens is 266 g/mol. The minimum absolute atomic E-state index is 0.830. The molecule has 108 valence electrons. The number of anilines is 1. The highest BCUT2D eigenvalue weighted by molar-refractivity contribution is 5.88. The van der Waals surface area contributed by atoms with Crippen molar-refractivity contribution in [2.75, 3.05) is 18.7 Å². The first kappa shape index (κ1) is 13.4. The van der Waals surface area contributed by atoms with Crippen molar-refractivity contribution >= 4 is 17.3 Å². The first-order valence-corrected chi connectivity index (χ1v) is 6.79. The van der Waals surface area contributed by atoms with E-state index in [1.165, 1.54) is 0 Å². The van der Waals surface area contributed by atoms with Crippen LogP contribution in [0.4, 0.5) is 11.5 Å². The van der Waals surface area contributed by atoms with Gasteiger partial charge in [0.05, 0.1) is 12.8 Å². The lowest BCUT2D eigenvalue weighted by atomic mass is 10.3. The summed E-state index contributed by atoms with van der Waals surface area (Å²) in [6.45, 7) is 2.79. The summed E-state index contributed by atoms with van der Waals surface area (Å²) in [4.78, 5) is 13.0. The van der Waals surface area contributed by atoms with Crippen molar-refractivity contribution < 1.29 is 4.74 Å². The highest BCUT2D eigenvalue weighted by Gasteiger charge is 2.18. The lowest BCUT2D eigenvalue weighted by Gasteiger charge is -2.16. The molecule has 0 saturated carbocycles. The van der Waals surface area contributed by atoms with Crippen LogP contribution in [0.1, 0.15) is 12.1 Å². The lowest BCUT2D eigenvalue weighted by Crippen LogP contribution is -2.33. The summed E-state index contributed by atoms with van der Waals surface area (Å²) in [6.07, 6.45) is 2.43. The van der Waals surface area contributed by atoms with E-state index in [2.05, 4.69) is 20.4 Å². The van der Waals surface area contributed by atoms with Gasteiger partial charge in [-0.1, -0.05) is 0 Å². The number of nitrogens with one attached hydrogen (secondary N) is 1. The number of amidine groups is 1. The Bertz CT molecular complexity index is 653. The summed E-state index contributed by atoms with van der Waals surface area (Å²) >= 11 is 0. The number of hydrogen-bond acceptors (Lipinski definition) is 5. The SMILES string of the molecule is COc1ccc(N=C2CCN(c3cc(C)ncn3)N2)cc1. The second-order valence-electron chi connectivity index (χ2n) is 4.79. The van der Waals surface area contributed by atoms with Gasteiger partial charge in [-0.2, -0.15) is 0 Å². The molecule has 6 heteroatoms. The van der Waals surface area contributed by atoms with Crippen molar-refractivity contribution in [1.82, 2.24) is 15.4 Å². The molecule has 1 aromatic carbocycles. The van der Waals surface area contributed by atoms with Crippen LogP contribution in [0.15, 0.2) is 41.7 Å². The Morgan fingerprint density at radius 3 is 2.76 bits per heavy atom. The Balaban J connectivity index is 1.72. The van der Waals surface area contributed by atoms with E-state index in [1.807, 2.05) is 42.3 Å². The van der Waals surface area contributed by atoms with Crippen molar-refractivity contribution in [1.29, 1.82) is 0 Å². The molecule has 21 heavy (non-hydrogen) atoms. The Labute approximate surface area is 123 Å². The summed E-state index contributed by atoms with van der Waals surface area (Å²) in [5, 5.41) is 1.98. The largest absolute Gasteiger partial charge is 0.497 e. The third kappa shape index (κ3) is 3.10. The Kier molecular flexibility index (Phi) is 3.68. The smallest absolute Gasteiger partial charge is 0.150 e. The van der Waals surface area contributed by atoms with Crippen LogP contribution >= 0.6 is 0 Å². The maximum absolute atomic E-state index is 5.14. The monoisotopic (exact) mass is 283 g/mol. The van der Waals surface area contributed by atoms with Gasteiger partial charge in [0.25, 0.3) is 0 Å². The average Bonchev–Trinajstić information content (AvgIpc) is 2.97. The molecule has 3 rings (SSSR count). The van der Waals surface area contributed by atoms with Gasteiger partial charge in [-0.3, -0.25) is 10.4 Å². The van der Waals surface area contributed by atoms with E-state index in [1.54, 1.807) is 13.4 Å². The van der Waals surface area contributed by atoms with Crippen LogP contribution in [0, 0.1) is 6.92 Å². The molecule has 1 aliphatic heterocycles. The van der Waals surface area contributed by atoms with Crippen LogP contribution in [0.5, 0.6) is 5.75 Å². The molecule has 1 aromatic heterocycles. The number of hydrazine groups is 1. The maximum atomic E-state index is 5.14. The molecule has 6 nitrogen and oxygen atoms in total. The molecule has 2 aromatic rings. The molecule has 1 aliphatic rings. The number of aryl methyl sites for hydroxylation is 1. The van der Waals surface area contributed by atoms with Crippen LogP contribution in [0.25, 0.3) is 0 Å². The van der Waals surface area contributed by atoms with Gasteiger partial charge in [0.1, 0.15) is 17.9 Å². The number of nitrogens with zero attached hydrogens (tertiary/aromatic N) is 4. The molecule has 0 radical (unpaired) electrons. The van der Waals surface area contributed by atoms with Gasteiger partial charge >= 0.3 is 0 Å². The predicted molar refractivity (Wildman–Crippen MR) is 82.0 cm³/mol. The zero-order valence-corrected chi connectivity index (χ0v) is 12.1. The van der Waals surface area contributed by atoms with Gasteiger partial charge in [0.2, 0.25) is 0 Å². The number of hydrogen-bond donors (Lipinski definition) is 1. The maximum Gasteiger partial charge on any atom is 0.150 e. The summed E-state index contributed by atoms with van der Waals surface area (Å²) in [5.74, 6) is 2.62. The van der Waals surface area contributed by atoms with Crippen molar-refractivity contribution in [2.45, 2.75) is 13.3 Å². The molecule has 2 heterocycles. The third-order valence-corrected chi connectivity index (χ3v) is 3.24. The van der Waals surface area contributed by atoms with Crippen LogP contribution in [-0.4, -0.2) is 29.5 Å². The van der Waals surface area contributed by atoms with Crippen LogP contribution in [-0.2, 0) is 0 Å². The van der Waals surface area contributed by atoms with Crippen molar-refractivity contribution in [3.05, 3.63) is 42.4 Å². The van der Waals surface area contributed by atoms with E-state index in [9.17, 15) is 0 Å². The summed E-state index contributed by atoms with van der Waals surface area (Å²) < 4.78 is 5.14. The van der Waals surface area contributed by atoms with E-state index in [4.69, 9.17) is 4.74 Å². The topological polar surface area (TPSA) is 62.6 Å². The van der Waals surface area contributed by atoms with E-state index < -0.39 is 0 Å². The van der Waals surface area contributed by atoms with Crippen molar-refractivity contribution in [2.24, 2.45) is 4.99 Å². The fourth-order valence-electron chi connectivity index (χ4n) is 2.14. The number of methoxy groups -OCH3 is 1. The molecule has 1 saturated heterocycles. The molecule has 0 bridgehead atoms. The fraction of sp³-hybridized carbons (Fsp3) is 0.267. The van der Waals surface area contributed by atoms with E-state index in [-0.39, 0.29) is 0 Å². The molecule has 1 N–H and O–H groups in total. The summed E-state index contributed by atoms with van der Waals surface area (Å²) in [5.41, 5.74) is 5.12. The van der Waals surface area contributed by atoms with Crippen LogP contribution in [0.2, 0.25) is 0 Å². The zero-order chi connectivity index (χ0) is 14.7. The Morgan fingerprint density at radius 1 is 1.24 bits per heavy atom. The van der Waals surface area contributed by atoms with E-state index in [0.717, 1.165) is 41.7 Å². The molecule has 0 atom stereocenters. The molecule has 0 aliphatic carbocycles. The second kappa shape index (κ2) is 5.78. The van der Waals surface area contributed by atoms with Gasteiger partial charge in [-0.15, -0.1) is 0 Å². The standard InChI is InChI=1S/C15H17N5O/c1-11-9-15(17-10-16-11)20-8-7-14(19-20)18-12-3-5-13(21-2)6-4-12/h3-6,9-10H,7-8H2,1-2H3,(H,18,19). The first-order valence-electron chi connectivity index (χ1n) is 6.79. The molecular formula is C15H17N5O. The fourth-order valence-corrected chi connectivity index (χ4v) is 2.14. The van der Waals surface area contributed by atoms with E-state index in [0.29, 0.717) is 0 Å². The quantitative estimate of drug-likeness (QED) is 0.936. The van der Waals surface area contributed by atoms with Crippen molar-refractivity contribution in [3.63, 3.8) is 0 Å².